The SMILES string of the molecule is Cc1ccc(S(=O)(=O)NC(=O)N2CCC(=O)c3cc(Cl)ccc32)cc1. The van der Waals surface area contributed by atoms with Crippen molar-refractivity contribution in [2.75, 3.05) is 11.4 Å². The second-order valence-electron chi connectivity index (χ2n) is 5.71. The van der Waals surface area contributed by atoms with E-state index < -0.39 is 16.1 Å². The number of sulfonamides is 1. The van der Waals surface area contributed by atoms with Crippen LogP contribution in [0.2, 0.25) is 5.02 Å². The zero-order valence-electron chi connectivity index (χ0n) is 13.3. The minimum absolute atomic E-state index is 0.00383. The molecular weight excluding hydrogens is 364 g/mol. The maximum atomic E-state index is 12.5. The Hall–Kier alpha value is -2.38. The van der Waals surface area contributed by atoms with Gasteiger partial charge >= 0.3 is 6.03 Å². The van der Waals surface area contributed by atoms with E-state index in [1.165, 1.54) is 29.2 Å². The molecule has 6 nitrogen and oxygen atoms in total. The number of carbonyl (C=O) groups is 2. The van der Waals surface area contributed by atoms with Crippen molar-refractivity contribution in [1.82, 2.24) is 4.72 Å². The number of nitrogens with one attached hydrogen (secondary N) is 1. The highest BCUT2D eigenvalue weighted by atomic mass is 35.5. The molecule has 0 saturated carbocycles. The molecule has 0 saturated heterocycles. The highest BCUT2D eigenvalue weighted by molar-refractivity contribution is 7.90. The summed E-state index contributed by atoms with van der Waals surface area (Å²) < 4.78 is 26.8. The van der Waals surface area contributed by atoms with Gasteiger partial charge in [-0.15, -0.1) is 0 Å². The third-order valence-corrected chi connectivity index (χ3v) is 5.48. The van der Waals surface area contributed by atoms with Gasteiger partial charge in [-0.25, -0.2) is 17.9 Å². The molecule has 0 aromatic heterocycles. The van der Waals surface area contributed by atoms with Gasteiger partial charge in [-0.2, -0.15) is 0 Å². The molecule has 0 aliphatic carbocycles. The van der Waals surface area contributed by atoms with Gasteiger partial charge in [0.05, 0.1) is 10.6 Å². The number of carbonyl (C=O) groups excluding carboxylic acids is 2. The summed E-state index contributed by atoms with van der Waals surface area (Å²) in [4.78, 5) is 25.7. The summed E-state index contributed by atoms with van der Waals surface area (Å²) in [5, 5.41) is 0.377. The van der Waals surface area contributed by atoms with Crippen molar-refractivity contribution in [3.63, 3.8) is 0 Å². The molecule has 1 aliphatic heterocycles. The minimum Gasteiger partial charge on any atom is -0.294 e. The Labute approximate surface area is 150 Å². The number of Topliss-reactive ketones (excluding diaryl/α,β-unsaturated/α-hetero) is 1. The maximum absolute atomic E-state index is 12.5. The van der Waals surface area contributed by atoms with Gasteiger partial charge in [0.15, 0.2) is 5.78 Å². The molecule has 3 rings (SSSR count). The van der Waals surface area contributed by atoms with Gasteiger partial charge in [0.2, 0.25) is 0 Å². The molecule has 8 heteroatoms. The summed E-state index contributed by atoms with van der Waals surface area (Å²) in [5.74, 6) is -0.136. The monoisotopic (exact) mass is 378 g/mol. The van der Waals surface area contributed by atoms with E-state index in [4.69, 9.17) is 11.6 Å². The van der Waals surface area contributed by atoms with Gasteiger partial charge < -0.3 is 0 Å². The standard InChI is InChI=1S/C17H15ClN2O4S/c1-11-2-5-13(6-3-11)25(23,24)19-17(22)20-9-8-16(21)14-10-12(18)4-7-15(14)20/h2-7,10H,8-9H2,1H3,(H,19,22). The van der Waals surface area contributed by atoms with Crippen LogP contribution >= 0.6 is 11.6 Å². The van der Waals surface area contributed by atoms with Crippen LogP contribution in [0.5, 0.6) is 0 Å². The first kappa shape index (κ1) is 17.4. The van der Waals surface area contributed by atoms with E-state index in [0.29, 0.717) is 16.3 Å². The number of hydrogen-bond donors (Lipinski definition) is 1. The van der Waals surface area contributed by atoms with Crippen LogP contribution < -0.4 is 9.62 Å². The second-order valence-corrected chi connectivity index (χ2v) is 7.83. The summed E-state index contributed by atoms with van der Waals surface area (Å²) in [7, 11) is -4.00. The molecule has 2 amide bonds. The molecular formula is C17H15ClN2O4S. The van der Waals surface area contributed by atoms with Crippen LogP contribution in [-0.4, -0.2) is 26.8 Å². The third kappa shape index (κ3) is 3.52. The van der Waals surface area contributed by atoms with Gasteiger partial charge in [0, 0.05) is 23.6 Å². The molecule has 0 radical (unpaired) electrons. The number of urea groups is 1. The Morgan fingerprint density at radius 2 is 1.84 bits per heavy atom. The highest BCUT2D eigenvalue weighted by Crippen LogP contribution is 2.29. The average Bonchev–Trinajstić information content (AvgIpc) is 2.55. The Morgan fingerprint density at radius 3 is 2.52 bits per heavy atom. The quantitative estimate of drug-likeness (QED) is 0.870. The molecule has 25 heavy (non-hydrogen) atoms. The summed E-state index contributed by atoms with van der Waals surface area (Å²) in [6, 6.07) is 9.91. The van der Waals surface area contributed by atoms with Gasteiger partial charge in [0.25, 0.3) is 10.0 Å². The first-order valence-electron chi connectivity index (χ1n) is 7.52. The van der Waals surface area contributed by atoms with Crippen LogP contribution in [0.3, 0.4) is 0 Å². The van der Waals surface area contributed by atoms with Crippen LogP contribution in [0.4, 0.5) is 10.5 Å². The first-order valence-corrected chi connectivity index (χ1v) is 9.38. The predicted molar refractivity (Wildman–Crippen MR) is 94.6 cm³/mol. The van der Waals surface area contributed by atoms with E-state index in [-0.39, 0.29) is 23.6 Å². The first-order chi connectivity index (χ1) is 11.8. The fraction of sp³-hybridized carbons (Fsp3) is 0.176. The number of rotatable bonds is 2. The lowest BCUT2D eigenvalue weighted by Crippen LogP contribution is -2.46. The van der Waals surface area contributed by atoms with E-state index in [1.807, 2.05) is 11.6 Å². The van der Waals surface area contributed by atoms with Crippen LogP contribution in [0.1, 0.15) is 22.3 Å². The van der Waals surface area contributed by atoms with Gasteiger partial charge in [-0.1, -0.05) is 29.3 Å². The summed E-state index contributed by atoms with van der Waals surface area (Å²) in [6.45, 7) is 1.94. The predicted octanol–water partition coefficient (Wildman–Crippen LogP) is 3.14. The number of fused-ring (bicyclic) bond motifs is 1. The molecule has 0 atom stereocenters. The molecule has 0 bridgehead atoms. The summed E-state index contributed by atoms with van der Waals surface area (Å²) >= 11 is 5.90. The second kappa shape index (κ2) is 6.50. The smallest absolute Gasteiger partial charge is 0.294 e. The zero-order chi connectivity index (χ0) is 18.2. The van der Waals surface area contributed by atoms with Crippen molar-refractivity contribution in [3.05, 3.63) is 58.6 Å². The van der Waals surface area contributed by atoms with Crippen molar-refractivity contribution in [2.45, 2.75) is 18.2 Å². The van der Waals surface area contributed by atoms with E-state index in [1.54, 1.807) is 18.2 Å². The number of nitrogens with zero attached hydrogens (tertiary/aromatic N) is 1. The maximum Gasteiger partial charge on any atom is 0.335 e. The Kier molecular flexibility index (Phi) is 4.53. The van der Waals surface area contributed by atoms with Crippen LogP contribution in [0.25, 0.3) is 0 Å². The number of ketones is 1. The fourth-order valence-electron chi connectivity index (χ4n) is 2.59. The Balaban J connectivity index is 1.88. The van der Waals surface area contributed by atoms with Crippen molar-refractivity contribution in [3.8, 4) is 0 Å². The normalized spacial score (nSPS) is 14.2. The zero-order valence-corrected chi connectivity index (χ0v) is 14.9. The van der Waals surface area contributed by atoms with E-state index in [9.17, 15) is 18.0 Å². The number of halogens is 1. The van der Waals surface area contributed by atoms with Gasteiger partial charge in [0.1, 0.15) is 0 Å². The van der Waals surface area contributed by atoms with Crippen LogP contribution in [0, 0.1) is 6.92 Å². The molecule has 2 aromatic rings. The molecule has 0 fully saturated rings. The van der Waals surface area contributed by atoms with Crippen molar-refractivity contribution < 1.29 is 18.0 Å². The lowest BCUT2D eigenvalue weighted by molar-refractivity contribution is 0.0981. The Bertz CT molecular complexity index is 955. The molecule has 0 unspecified atom stereocenters. The fourth-order valence-corrected chi connectivity index (χ4v) is 3.72. The average molecular weight is 379 g/mol. The van der Waals surface area contributed by atoms with Crippen LogP contribution in [0.15, 0.2) is 47.4 Å². The van der Waals surface area contributed by atoms with Crippen molar-refractivity contribution in [2.24, 2.45) is 0 Å². The van der Waals surface area contributed by atoms with Gasteiger partial charge in [-0.3, -0.25) is 9.69 Å². The third-order valence-electron chi connectivity index (χ3n) is 3.91. The summed E-state index contributed by atoms with van der Waals surface area (Å²) in [5.41, 5.74) is 1.56. The lowest BCUT2D eigenvalue weighted by atomic mass is 10.0. The van der Waals surface area contributed by atoms with E-state index in [2.05, 4.69) is 0 Å². The van der Waals surface area contributed by atoms with E-state index >= 15 is 0 Å². The topological polar surface area (TPSA) is 83.6 Å². The molecule has 1 N–H and O–H groups in total. The van der Waals surface area contributed by atoms with Gasteiger partial charge in [-0.05, 0) is 37.3 Å². The molecule has 0 spiro atoms. The number of amides is 2. The highest BCUT2D eigenvalue weighted by Gasteiger charge is 2.30. The van der Waals surface area contributed by atoms with Crippen molar-refractivity contribution in [1.29, 1.82) is 0 Å². The molecule has 130 valence electrons. The van der Waals surface area contributed by atoms with E-state index in [0.717, 1.165) is 5.56 Å². The molecule has 1 heterocycles. The molecule has 2 aromatic carbocycles. The number of benzene rings is 2. The summed E-state index contributed by atoms with van der Waals surface area (Å²) in [6.07, 6.45) is 0.103. The number of anilines is 1. The minimum atomic E-state index is -4.00. The number of hydrogen-bond acceptors (Lipinski definition) is 4. The van der Waals surface area contributed by atoms with Crippen LogP contribution in [-0.2, 0) is 10.0 Å². The molecule has 1 aliphatic rings. The number of aryl methyl sites for hydroxylation is 1. The Morgan fingerprint density at radius 1 is 1.16 bits per heavy atom. The van der Waals surface area contributed by atoms with Crippen molar-refractivity contribution >= 4 is 39.1 Å². The largest absolute Gasteiger partial charge is 0.335 e. The lowest BCUT2D eigenvalue weighted by Gasteiger charge is -2.28.